The van der Waals surface area contributed by atoms with Crippen LogP contribution in [-0.2, 0) is 6.54 Å². The summed E-state index contributed by atoms with van der Waals surface area (Å²) in [5.74, 6) is 0.956. The van der Waals surface area contributed by atoms with Crippen molar-refractivity contribution in [2.45, 2.75) is 19.9 Å². The van der Waals surface area contributed by atoms with Crippen molar-refractivity contribution in [1.82, 2.24) is 4.98 Å². The molecule has 0 aliphatic carbocycles. The van der Waals surface area contributed by atoms with E-state index < -0.39 is 0 Å². The molecule has 0 atom stereocenters. The number of hydrogen-bond acceptors (Lipinski definition) is 3. The van der Waals surface area contributed by atoms with Crippen LogP contribution in [0.25, 0.3) is 0 Å². The molecule has 0 spiro atoms. The zero-order chi connectivity index (χ0) is 14.5. The van der Waals surface area contributed by atoms with E-state index in [4.69, 9.17) is 5.73 Å². The first-order chi connectivity index (χ1) is 9.60. The van der Waals surface area contributed by atoms with Crippen LogP contribution in [0.3, 0.4) is 0 Å². The highest BCUT2D eigenvalue weighted by atomic mass is 79.9. The minimum absolute atomic E-state index is 0.793. The lowest BCUT2D eigenvalue weighted by Gasteiger charge is -2.24. The van der Waals surface area contributed by atoms with Crippen molar-refractivity contribution in [3.8, 4) is 0 Å². The number of nitrogens with two attached hydrogens (primary N) is 1. The molecular formula is C15H17Br2N3. The van der Waals surface area contributed by atoms with Crippen molar-refractivity contribution >= 4 is 43.4 Å². The molecule has 0 bridgehead atoms. The number of aromatic nitrogens is 1. The Kier molecular flexibility index (Phi) is 5.43. The third kappa shape index (κ3) is 3.96. The van der Waals surface area contributed by atoms with Gasteiger partial charge in [0.25, 0.3) is 0 Å². The van der Waals surface area contributed by atoms with E-state index in [9.17, 15) is 0 Å². The van der Waals surface area contributed by atoms with E-state index >= 15 is 0 Å². The summed E-state index contributed by atoms with van der Waals surface area (Å²) in [6.45, 7) is 3.91. The Morgan fingerprint density at radius 1 is 1.25 bits per heavy atom. The Labute approximate surface area is 136 Å². The lowest BCUT2D eigenvalue weighted by atomic mass is 10.2. The van der Waals surface area contributed by atoms with Gasteiger partial charge < -0.3 is 10.6 Å². The lowest BCUT2D eigenvalue weighted by molar-refractivity contribution is 0.752. The molecule has 0 unspecified atom stereocenters. The summed E-state index contributed by atoms with van der Waals surface area (Å²) in [4.78, 5) is 6.77. The van der Waals surface area contributed by atoms with Gasteiger partial charge in [-0.2, -0.15) is 0 Å². The van der Waals surface area contributed by atoms with Crippen molar-refractivity contribution in [1.29, 1.82) is 0 Å². The SMILES string of the molecule is CCCN(Cc1cccc(N)c1)c1ncc(Br)cc1Br. The van der Waals surface area contributed by atoms with Crippen LogP contribution in [0.5, 0.6) is 0 Å². The third-order valence-electron chi connectivity index (χ3n) is 2.91. The van der Waals surface area contributed by atoms with Crippen LogP contribution in [0.15, 0.2) is 45.5 Å². The molecule has 2 N–H and O–H groups in total. The molecule has 1 heterocycles. The van der Waals surface area contributed by atoms with Crippen LogP contribution in [0.4, 0.5) is 11.5 Å². The molecule has 5 heteroatoms. The van der Waals surface area contributed by atoms with Gasteiger partial charge in [-0.15, -0.1) is 0 Å². The molecule has 1 aromatic heterocycles. The van der Waals surface area contributed by atoms with Gasteiger partial charge in [0, 0.05) is 29.4 Å². The third-order valence-corrected chi connectivity index (χ3v) is 3.92. The number of nitrogen functional groups attached to an aromatic ring is 1. The summed E-state index contributed by atoms with van der Waals surface area (Å²) in [5, 5.41) is 0. The Hall–Kier alpha value is -1.07. The number of halogens is 2. The minimum atomic E-state index is 0.793. The summed E-state index contributed by atoms with van der Waals surface area (Å²) in [7, 11) is 0. The molecule has 0 aliphatic rings. The summed E-state index contributed by atoms with van der Waals surface area (Å²) in [6.07, 6.45) is 2.88. The summed E-state index contributed by atoms with van der Waals surface area (Å²) >= 11 is 7.02. The van der Waals surface area contributed by atoms with Crippen LogP contribution >= 0.6 is 31.9 Å². The standard InChI is InChI=1S/C15H17Br2N3/c1-2-6-20(10-11-4-3-5-13(18)7-11)15-14(17)8-12(16)9-19-15/h3-5,7-9H,2,6,10,18H2,1H3. The number of benzene rings is 1. The zero-order valence-electron chi connectivity index (χ0n) is 11.3. The predicted molar refractivity (Wildman–Crippen MR) is 91.8 cm³/mol. The first-order valence-corrected chi connectivity index (χ1v) is 8.09. The van der Waals surface area contributed by atoms with Crippen molar-refractivity contribution in [2.24, 2.45) is 0 Å². The second-order valence-corrected chi connectivity index (χ2v) is 6.40. The van der Waals surface area contributed by atoms with Crippen molar-refractivity contribution in [2.75, 3.05) is 17.2 Å². The Morgan fingerprint density at radius 2 is 2.05 bits per heavy atom. The fourth-order valence-corrected chi connectivity index (χ4v) is 3.32. The van der Waals surface area contributed by atoms with Gasteiger partial charge in [-0.05, 0) is 62.0 Å². The highest BCUT2D eigenvalue weighted by Gasteiger charge is 2.12. The molecule has 0 fully saturated rings. The number of rotatable bonds is 5. The van der Waals surface area contributed by atoms with E-state index in [-0.39, 0.29) is 0 Å². The fourth-order valence-electron chi connectivity index (χ4n) is 2.08. The first kappa shape index (κ1) is 15.3. The number of anilines is 2. The average Bonchev–Trinajstić information content (AvgIpc) is 2.38. The quantitative estimate of drug-likeness (QED) is 0.748. The average molecular weight is 399 g/mol. The molecule has 0 saturated heterocycles. The van der Waals surface area contributed by atoms with E-state index in [1.165, 1.54) is 5.56 Å². The van der Waals surface area contributed by atoms with Gasteiger partial charge in [0.05, 0.1) is 4.47 Å². The summed E-state index contributed by atoms with van der Waals surface area (Å²) in [6, 6.07) is 10.0. The van der Waals surface area contributed by atoms with Crippen LogP contribution in [0, 0.1) is 0 Å². The van der Waals surface area contributed by atoms with E-state index in [0.29, 0.717) is 0 Å². The van der Waals surface area contributed by atoms with E-state index in [1.807, 2.05) is 30.5 Å². The van der Waals surface area contributed by atoms with E-state index in [2.05, 4.69) is 54.7 Å². The number of pyridine rings is 1. The molecular weight excluding hydrogens is 382 g/mol. The van der Waals surface area contributed by atoms with Gasteiger partial charge in [0.15, 0.2) is 0 Å². The molecule has 0 radical (unpaired) electrons. The molecule has 106 valence electrons. The van der Waals surface area contributed by atoms with Gasteiger partial charge in [-0.3, -0.25) is 0 Å². The topological polar surface area (TPSA) is 42.1 Å². The Morgan fingerprint density at radius 3 is 2.70 bits per heavy atom. The van der Waals surface area contributed by atoms with E-state index in [1.54, 1.807) is 0 Å². The molecule has 0 amide bonds. The summed E-state index contributed by atoms with van der Waals surface area (Å²) in [5.41, 5.74) is 7.83. The second-order valence-electron chi connectivity index (χ2n) is 4.63. The van der Waals surface area contributed by atoms with Crippen molar-refractivity contribution < 1.29 is 0 Å². The molecule has 20 heavy (non-hydrogen) atoms. The van der Waals surface area contributed by atoms with Crippen LogP contribution in [-0.4, -0.2) is 11.5 Å². The lowest BCUT2D eigenvalue weighted by Crippen LogP contribution is -2.24. The fraction of sp³-hybridized carbons (Fsp3) is 0.267. The van der Waals surface area contributed by atoms with Crippen LogP contribution < -0.4 is 10.6 Å². The maximum atomic E-state index is 5.85. The highest BCUT2D eigenvalue weighted by Crippen LogP contribution is 2.28. The smallest absolute Gasteiger partial charge is 0.143 e. The molecule has 2 rings (SSSR count). The molecule has 0 aliphatic heterocycles. The summed E-state index contributed by atoms with van der Waals surface area (Å²) < 4.78 is 1.96. The monoisotopic (exact) mass is 397 g/mol. The number of hydrogen-bond donors (Lipinski definition) is 1. The first-order valence-electron chi connectivity index (χ1n) is 6.50. The molecule has 3 nitrogen and oxygen atoms in total. The van der Waals surface area contributed by atoms with Crippen molar-refractivity contribution in [3.05, 3.63) is 51.0 Å². The predicted octanol–water partition coefficient (Wildman–Crippen LogP) is 4.61. The Bertz CT molecular complexity index is 587. The van der Waals surface area contributed by atoms with Gasteiger partial charge in [0.1, 0.15) is 5.82 Å². The zero-order valence-corrected chi connectivity index (χ0v) is 14.5. The van der Waals surface area contributed by atoms with Crippen LogP contribution in [0.2, 0.25) is 0 Å². The van der Waals surface area contributed by atoms with Crippen LogP contribution in [0.1, 0.15) is 18.9 Å². The maximum Gasteiger partial charge on any atom is 0.143 e. The molecule has 1 aromatic carbocycles. The minimum Gasteiger partial charge on any atom is -0.399 e. The Balaban J connectivity index is 2.26. The van der Waals surface area contributed by atoms with Gasteiger partial charge in [-0.25, -0.2) is 4.98 Å². The second kappa shape index (κ2) is 7.09. The van der Waals surface area contributed by atoms with E-state index in [0.717, 1.165) is 40.0 Å². The number of nitrogens with zero attached hydrogens (tertiary/aromatic N) is 2. The van der Waals surface area contributed by atoms with Gasteiger partial charge in [-0.1, -0.05) is 19.1 Å². The van der Waals surface area contributed by atoms with Gasteiger partial charge >= 0.3 is 0 Å². The maximum absolute atomic E-state index is 5.85. The van der Waals surface area contributed by atoms with Gasteiger partial charge in [0.2, 0.25) is 0 Å². The van der Waals surface area contributed by atoms with Crippen molar-refractivity contribution in [3.63, 3.8) is 0 Å². The molecule has 2 aromatic rings. The highest BCUT2D eigenvalue weighted by molar-refractivity contribution is 9.11. The largest absolute Gasteiger partial charge is 0.399 e. The normalized spacial score (nSPS) is 10.6. The molecule has 0 saturated carbocycles.